The molecule has 0 saturated heterocycles. The number of aryl methyl sites for hydroxylation is 1. The van der Waals surface area contributed by atoms with E-state index in [9.17, 15) is 4.79 Å². The smallest absolute Gasteiger partial charge is 0.259 e. The molecule has 2 N–H and O–H groups in total. The minimum absolute atomic E-state index is 0.128. The Labute approximate surface area is 105 Å². The molecule has 0 radical (unpaired) electrons. The summed E-state index contributed by atoms with van der Waals surface area (Å²) >= 11 is 0. The Kier molecular flexibility index (Phi) is 3.32. The van der Waals surface area contributed by atoms with Gasteiger partial charge in [0.05, 0.1) is 6.20 Å². The van der Waals surface area contributed by atoms with Crippen LogP contribution in [0.1, 0.15) is 21.7 Å². The summed E-state index contributed by atoms with van der Waals surface area (Å²) in [5.41, 5.74) is 7.93. The first-order chi connectivity index (χ1) is 8.59. The van der Waals surface area contributed by atoms with Gasteiger partial charge in [0.15, 0.2) is 0 Å². The van der Waals surface area contributed by atoms with Gasteiger partial charge in [0, 0.05) is 19.3 Å². The first kappa shape index (κ1) is 12.2. The third-order valence-corrected chi connectivity index (χ3v) is 2.79. The molecule has 0 atom stereocenters. The molecule has 0 bridgehead atoms. The van der Waals surface area contributed by atoms with Crippen molar-refractivity contribution in [3.05, 3.63) is 47.3 Å². The zero-order chi connectivity index (χ0) is 13.1. The molecule has 5 heteroatoms. The van der Waals surface area contributed by atoms with E-state index < -0.39 is 0 Å². The molecule has 0 unspecified atom stereocenters. The molecule has 1 heterocycles. The van der Waals surface area contributed by atoms with Gasteiger partial charge < -0.3 is 15.2 Å². The summed E-state index contributed by atoms with van der Waals surface area (Å²) in [6, 6.07) is 7.48. The molecule has 0 aliphatic rings. The maximum atomic E-state index is 12.1. The van der Waals surface area contributed by atoms with Crippen LogP contribution in [0.5, 0.6) is 0 Å². The second-order valence-electron chi connectivity index (χ2n) is 4.16. The van der Waals surface area contributed by atoms with Crippen LogP contribution in [-0.4, -0.2) is 23.0 Å². The van der Waals surface area contributed by atoms with Crippen LogP contribution < -0.4 is 5.73 Å². The van der Waals surface area contributed by atoms with Gasteiger partial charge in [-0.05, 0) is 18.6 Å². The normalized spacial score (nSPS) is 10.3. The Morgan fingerprint density at radius 1 is 1.44 bits per heavy atom. The molecular weight excluding hydrogens is 230 g/mol. The van der Waals surface area contributed by atoms with Crippen LogP contribution in [0, 0.1) is 6.92 Å². The monoisotopic (exact) mass is 245 g/mol. The van der Waals surface area contributed by atoms with E-state index in [1.165, 1.54) is 6.20 Å². The quantitative estimate of drug-likeness (QED) is 0.837. The van der Waals surface area contributed by atoms with Gasteiger partial charge >= 0.3 is 0 Å². The average Bonchev–Trinajstić information content (AvgIpc) is 2.77. The highest BCUT2D eigenvalue weighted by Crippen LogP contribution is 2.15. The minimum atomic E-state index is -0.128. The molecule has 2 rings (SSSR count). The maximum Gasteiger partial charge on any atom is 0.259 e. The SMILES string of the molecule is Cc1oncc1C(=O)N(C)Cc1ccccc1N. The van der Waals surface area contributed by atoms with E-state index in [0.29, 0.717) is 23.6 Å². The number of hydrogen-bond acceptors (Lipinski definition) is 4. The average molecular weight is 245 g/mol. The summed E-state index contributed by atoms with van der Waals surface area (Å²) in [6.07, 6.45) is 1.43. The summed E-state index contributed by atoms with van der Waals surface area (Å²) in [6.45, 7) is 2.17. The standard InChI is InChI=1S/C13H15N3O2/c1-9-11(7-15-18-9)13(17)16(2)8-10-5-3-4-6-12(10)14/h3-7H,8,14H2,1-2H3. The van der Waals surface area contributed by atoms with Crippen LogP contribution in [0.4, 0.5) is 5.69 Å². The number of hydrogen-bond donors (Lipinski definition) is 1. The number of rotatable bonds is 3. The summed E-state index contributed by atoms with van der Waals surface area (Å²) < 4.78 is 4.89. The summed E-state index contributed by atoms with van der Waals surface area (Å²) in [5, 5.41) is 3.60. The molecule has 0 fully saturated rings. The Hall–Kier alpha value is -2.30. The van der Waals surface area contributed by atoms with Crippen molar-refractivity contribution in [3.63, 3.8) is 0 Å². The van der Waals surface area contributed by atoms with E-state index in [1.807, 2.05) is 24.3 Å². The van der Waals surface area contributed by atoms with Gasteiger partial charge in [0.2, 0.25) is 0 Å². The summed E-state index contributed by atoms with van der Waals surface area (Å²) in [5.74, 6) is 0.393. The number of aromatic nitrogens is 1. The number of carbonyl (C=O) groups excluding carboxylic acids is 1. The number of nitrogens with zero attached hydrogens (tertiary/aromatic N) is 2. The predicted octanol–water partition coefficient (Wildman–Crippen LogP) is 1.84. The van der Waals surface area contributed by atoms with E-state index in [4.69, 9.17) is 10.3 Å². The van der Waals surface area contributed by atoms with E-state index in [0.717, 1.165) is 5.56 Å². The molecule has 1 aromatic heterocycles. The molecule has 0 aliphatic carbocycles. The Morgan fingerprint density at radius 2 is 2.17 bits per heavy atom. The van der Waals surface area contributed by atoms with Gasteiger partial charge in [-0.25, -0.2) is 0 Å². The fourth-order valence-electron chi connectivity index (χ4n) is 1.72. The number of nitrogen functional groups attached to an aromatic ring is 1. The van der Waals surface area contributed by atoms with Crippen LogP contribution in [-0.2, 0) is 6.54 Å². The predicted molar refractivity (Wildman–Crippen MR) is 67.9 cm³/mol. The number of nitrogens with two attached hydrogens (primary N) is 1. The molecular formula is C13H15N3O2. The van der Waals surface area contributed by atoms with Gasteiger partial charge in [0.25, 0.3) is 5.91 Å². The molecule has 0 spiro atoms. The fraction of sp³-hybridized carbons (Fsp3) is 0.231. The molecule has 1 amide bonds. The van der Waals surface area contributed by atoms with Gasteiger partial charge in [-0.2, -0.15) is 0 Å². The van der Waals surface area contributed by atoms with Crippen molar-refractivity contribution >= 4 is 11.6 Å². The summed E-state index contributed by atoms with van der Waals surface area (Å²) in [7, 11) is 1.72. The molecule has 0 aliphatic heterocycles. The van der Waals surface area contributed by atoms with Crippen molar-refractivity contribution in [2.45, 2.75) is 13.5 Å². The Morgan fingerprint density at radius 3 is 2.78 bits per heavy atom. The van der Waals surface area contributed by atoms with E-state index >= 15 is 0 Å². The highest BCUT2D eigenvalue weighted by molar-refractivity contribution is 5.94. The zero-order valence-electron chi connectivity index (χ0n) is 10.4. The lowest BCUT2D eigenvalue weighted by Crippen LogP contribution is -2.26. The molecule has 1 aromatic carbocycles. The summed E-state index contributed by atoms with van der Waals surface area (Å²) in [4.78, 5) is 13.7. The van der Waals surface area contributed by atoms with Crippen molar-refractivity contribution < 1.29 is 9.32 Å². The lowest BCUT2D eigenvalue weighted by Gasteiger charge is -2.17. The first-order valence-electron chi connectivity index (χ1n) is 5.59. The van der Waals surface area contributed by atoms with Gasteiger partial charge in [-0.1, -0.05) is 23.4 Å². The first-order valence-corrected chi connectivity index (χ1v) is 5.59. The second-order valence-corrected chi connectivity index (χ2v) is 4.16. The van der Waals surface area contributed by atoms with Crippen LogP contribution in [0.15, 0.2) is 35.0 Å². The topological polar surface area (TPSA) is 72.4 Å². The van der Waals surface area contributed by atoms with Crippen LogP contribution >= 0.6 is 0 Å². The number of anilines is 1. The second kappa shape index (κ2) is 4.91. The van der Waals surface area contributed by atoms with Crippen LogP contribution in [0.25, 0.3) is 0 Å². The zero-order valence-corrected chi connectivity index (χ0v) is 10.4. The van der Waals surface area contributed by atoms with Gasteiger partial charge in [0.1, 0.15) is 11.3 Å². The highest BCUT2D eigenvalue weighted by atomic mass is 16.5. The molecule has 2 aromatic rings. The van der Waals surface area contributed by atoms with Crippen molar-refractivity contribution in [1.29, 1.82) is 0 Å². The lowest BCUT2D eigenvalue weighted by molar-refractivity contribution is 0.0783. The van der Waals surface area contributed by atoms with Gasteiger partial charge in [-0.15, -0.1) is 0 Å². The number of para-hydroxylation sites is 1. The molecule has 94 valence electrons. The maximum absolute atomic E-state index is 12.1. The number of carbonyl (C=O) groups is 1. The minimum Gasteiger partial charge on any atom is -0.398 e. The lowest BCUT2D eigenvalue weighted by atomic mass is 10.1. The van der Waals surface area contributed by atoms with Crippen LogP contribution in [0.3, 0.4) is 0 Å². The molecule has 18 heavy (non-hydrogen) atoms. The van der Waals surface area contributed by atoms with Crippen molar-refractivity contribution in [3.8, 4) is 0 Å². The van der Waals surface area contributed by atoms with E-state index in [2.05, 4.69) is 5.16 Å². The Bertz CT molecular complexity index is 563. The number of amides is 1. The number of benzene rings is 1. The molecule has 0 saturated carbocycles. The van der Waals surface area contributed by atoms with Crippen molar-refractivity contribution in [2.75, 3.05) is 12.8 Å². The van der Waals surface area contributed by atoms with E-state index in [-0.39, 0.29) is 5.91 Å². The van der Waals surface area contributed by atoms with Gasteiger partial charge in [-0.3, -0.25) is 4.79 Å². The highest BCUT2D eigenvalue weighted by Gasteiger charge is 2.17. The largest absolute Gasteiger partial charge is 0.398 e. The van der Waals surface area contributed by atoms with E-state index in [1.54, 1.807) is 18.9 Å². The van der Waals surface area contributed by atoms with Crippen molar-refractivity contribution in [2.24, 2.45) is 0 Å². The molecule has 5 nitrogen and oxygen atoms in total. The third-order valence-electron chi connectivity index (χ3n) is 2.79. The third kappa shape index (κ3) is 2.34. The van der Waals surface area contributed by atoms with Crippen molar-refractivity contribution in [1.82, 2.24) is 10.1 Å². The van der Waals surface area contributed by atoms with Crippen LogP contribution in [0.2, 0.25) is 0 Å². The fourth-order valence-corrected chi connectivity index (χ4v) is 1.72. The Balaban J connectivity index is 2.14.